The third kappa shape index (κ3) is 4.81. The van der Waals surface area contributed by atoms with Crippen molar-refractivity contribution in [3.05, 3.63) is 59.9 Å². The van der Waals surface area contributed by atoms with Crippen molar-refractivity contribution >= 4 is 17.5 Å². The zero-order chi connectivity index (χ0) is 18.4. The van der Waals surface area contributed by atoms with Gasteiger partial charge in [0.1, 0.15) is 11.6 Å². The Morgan fingerprint density at radius 3 is 2.69 bits per heavy atom. The molecule has 0 radical (unpaired) electrons. The Morgan fingerprint density at radius 1 is 1.19 bits per heavy atom. The Hall–Kier alpha value is -2.89. The molecule has 0 aromatic heterocycles. The molecule has 2 aromatic rings. The fourth-order valence-electron chi connectivity index (χ4n) is 2.88. The molecule has 136 valence electrons. The van der Waals surface area contributed by atoms with Crippen LogP contribution in [0.3, 0.4) is 0 Å². The Labute approximate surface area is 151 Å². The average molecular weight is 356 g/mol. The van der Waals surface area contributed by atoms with Crippen LogP contribution in [0.15, 0.2) is 48.5 Å². The lowest BCUT2D eigenvalue weighted by atomic mass is 10.1. The lowest BCUT2D eigenvalue weighted by Crippen LogP contribution is -2.30. The molecule has 2 amide bonds. The third-order valence-corrected chi connectivity index (χ3v) is 4.22. The topological polar surface area (TPSA) is 58.6 Å². The van der Waals surface area contributed by atoms with Crippen molar-refractivity contribution < 1.29 is 18.7 Å². The molecule has 0 spiro atoms. The van der Waals surface area contributed by atoms with Crippen molar-refractivity contribution in [1.82, 2.24) is 5.32 Å². The number of hydrogen-bond acceptors (Lipinski definition) is 3. The van der Waals surface area contributed by atoms with Crippen molar-refractivity contribution in [2.45, 2.75) is 19.3 Å². The number of benzene rings is 2. The predicted molar refractivity (Wildman–Crippen MR) is 96.6 cm³/mol. The number of hydrogen-bond donors (Lipinski definition) is 1. The largest absolute Gasteiger partial charge is 0.484 e. The molecule has 1 heterocycles. The van der Waals surface area contributed by atoms with Gasteiger partial charge in [-0.2, -0.15) is 0 Å². The second-order valence-electron chi connectivity index (χ2n) is 6.16. The summed E-state index contributed by atoms with van der Waals surface area (Å²) in [6, 6.07) is 13.5. The van der Waals surface area contributed by atoms with Crippen molar-refractivity contribution in [2.24, 2.45) is 0 Å². The van der Waals surface area contributed by atoms with E-state index >= 15 is 0 Å². The average Bonchev–Trinajstić information content (AvgIpc) is 3.06. The van der Waals surface area contributed by atoms with E-state index in [0.717, 1.165) is 24.2 Å². The summed E-state index contributed by atoms with van der Waals surface area (Å²) in [5, 5.41) is 2.74. The first-order chi connectivity index (χ1) is 12.6. The minimum Gasteiger partial charge on any atom is -0.484 e. The van der Waals surface area contributed by atoms with Crippen LogP contribution in [0.1, 0.15) is 18.4 Å². The van der Waals surface area contributed by atoms with Gasteiger partial charge in [0.2, 0.25) is 5.91 Å². The molecule has 0 bridgehead atoms. The molecule has 1 aliphatic rings. The second kappa shape index (κ2) is 8.47. The lowest BCUT2D eigenvalue weighted by Gasteiger charge is -2.16. The van der Waals surface area contributed by atoms with E-state index < -0.39 is 0 Å². The minimum atomic E-state index is -0.281. The summed E-state index contributed by atoms with van der Waals surface area (Å²) in [6.45, 7) is 1.07. The van der Waals surface area contributed by atoms with Gasteiger partial charge in [0.25, 0.3) is 5.91 Å². The van der Waals surface area contributed by atoms with Crippen LogP contribution in [0.4, 0.5) is 10.1 Å². The number of nitrogens with one attached hydrogen (secondary N) is 1. The first kappa shape index (κ1) is 17.9. The quantitative estimate of drug-likeness (QED) is 0.830. The summed E-state index contributed by atoms with van der Waals surface area (Å²) in [7, 11) is 0. The van der Waals surface area contributed by atoms with Crippen molar-refractivity contribution in [3.8, 4) is 5.75 Å². The summed E-state index contributed by atoms with van der Waals surface area (Å²) in [6.07, 6.45) is 2.03. The number of anilines is 1. The van der Waals surface area contributed by atoms with Gasteiger partial charge in [0.15, 0.2) is 6.61 Å². The number of halogens is 1. The van der Waals surface area contributed by atoms with E-state index in [9.17, 15) is 14.0 Å². The number of amides is 2. The molecule has 0 unspecified atom stereocenters. The maximum absolute atomic E-state index is 13.1. The van der Waals surface area contributed by atoms with Gasteiger partial charge in [-0.3, -0.25) is 9.59 Å². The van der Waals surface area contributed by atoms with Gasteiger partial charge in [-0.15, -0.1) is 0 Å². The maximum atomic E-state index is 13.1. The van der Waals surface area contributed by atoms with E-state index in [1.165, 1.54) is 12.1 Å². The number of carbonyl (C=O) groups is 2. The molecule has 0 saturated carbocycles. The number of ether oxygens (including phenoxy) is 1. The van der Waals surface area contributed by atoms with Crippen molar-refractivity contribution in [1.29, 1.82) is 0 Å². The molecular formula is C20H21FN2O3. The molecule has 26 heavy (non-hydrogen) atoms. The summed E-state index contributed by atoms with van der Waals surface area (Å²) in [5.41, 5.74) is 1.68. The number of carbonyl (C=O) groups excluding carboxylic acids is 2. The maximum Gasteiger partial charge on any atom is 0.257 e. The first-order valence-corrected chi connectivity index (χ1v) is 8.66. The number of rotatable bonds is 7. The van der Waals surface area contributed by atoms with Crippen LogP contribution in [0.25, 0.3) is 0 Å². The molecule has 1 fully saturated rings. The SMILES string of the molecule is O=C(COc1ccc(N2CCCC2=O)cc1)NCCc1cccc(F)c1. The molecule has 6 heteroatoms. The van der Waals surface area contributed by atoms with E-state index in [0.29, 0.717) is 25.1 Å². The van der Waals surface area contributed by atoms with Gasteiger partial charge in [0, 0.05) is 25.2 Å². The van der Waals surface area contributed by atoms with E-state index in [1.807, 2.05) is 18.2 Å². The van der Waals surface area contributed by atoms with Crippen LogP contribution in [0.5, 0.6) is 5.75 Å². The van der Waals surface area contributed by atoms with Gasteiger partial charge in [0.05, 0.1) is 0 Å². The van der Waals surface area contributed by atoms with Crippen LogP contribution in [-0.2, 0) is 16.0 Å². The third-order valence-electron chi connectivity index (χ3n) is 4.22. The molecule has 3 rings (SSSR count). The molecule has 1 aliphatic heterocycles. The van der Waals surface area contributed by atoms with E-state index in [-0.39, 0.29) is 24.2 Å². The first-order valence-electron chi connectivity index (χ1n) is 8.66. The van der Waals surface area contributed by atoms with Crippen LogP contribution in [0.2, 0.25) is 0 Å². The summed E-state index contributed by atoms with van der Waals surface area (Å²) < 4.78 is 18.5. The molecule has 0 aliphatic carbocycles. The Balaban J connectivity index is 1.40. The summed E-state index contributed by atoms with van der Waals surface area (Å²) in [4.78, 5) is 25.3. The van der Waals surface area contributed by atoms with Gasteiger partial charge < -0.3 is 15.0 Å². The highest BCUT2D eigenvalue weighted by molar-refractivity contribution is 5.95. The monoisotopic (exact) mass is 356 g/mol. The predicted octanol–water partition coefficient (Wildman–Crippen LogP) is 2.69. The highest BCUT2D eigenvalue weighted by Gasteiger charge is 2.21. The van der Waals surface area contributed by atoms with E-state index in [2.05, 4.69) is 5.32 Å². The Morgan fingerprint density at radius 2 is 2.00 bits per heavy atom. The van der Waals surface area contributed by atoms with Gasteiger partial charge in [-0.1, -0.05) is 12.1 Å². The van der Waals surface area contributed by atoms with Crippen LogP contribution < -0.4 is 15.0 Å². The Kier molecular flexibility index (Phi) is 5.84. The highest BCUT2D eigenvalue weighted by atomic mass is 19.1. The van der Waals surface area contributed by atoms with E-state index in [1.54, 1.807) is 23.1 Å². The Bertz CT molecular complexity index is 777. The summed E-state index contributed by atoms with van der Waals surface area (Å²) in [5.74, 6) is 0.188. The highest BCUT2D eigenvalue weighted by Crippen LogP contribution is 2.23. The zero-order valence-electron chi connectivity index (χ0n) is 14.4. The van der Waals surface area contributed by atoms with E-state index in [4.69, 9.17) is 4.74 Å². The fourth-order valence-corrected chi connectivity index (χ4v) is 2.88. The number of nitrogens with zero attached hydrogens (tertiary/aromatic N) is 1. The van der Waals surface area contributed by atoms with Crippen molar-refractivity contribution in [2.75, 3.05) is 24.6 Å². The van der Waals surface area contributed by atoms with Crippen LogP contribution in [0, 0.1) is 5.82 Å². The van der Waals surface area contributed by atoms with Gasteiger partial charge >= 0.3 is 0 Å². The molecule has 5 nitrogen and oxygen atoms in total. The normalized spacial score (nSPS) is 13.7. The summed E-state index contributed by atoms with van der Waals surface area (Å²) >= 11 is 0. The molecule has 1 saturated heterocycles. The molecular weight excluding hydrogens is 335 g/mol. The van der Waals surface area contributed by atoms with Crippen LogP contribution in [-0.4, -0.2) is 31.5 Å². The standard InChI is InChI=1S/C20H21FN2O3/c21-16-4-1-3-15(13-16)10-11-22-19(24)14-26-18-8-6-17(7-9-18)23-12-2-5-20(23)25/h1,3-4,6-9,13H,2,5,10-12,14H2,(H,22,24). The fraction of sp³-hybridized carbons (Fsp3) is 0.300. The smallest absolute Gasteiger partial charge is 0.257 e. The molecule has 1 N–H and O–H groups in total. The molecule has 0 atom stereocenters. The lowest BCUT2D eigenvalue weighted by molar-refractivity contribution is -0.123. The van der Waals surface area contributed by atoms with Crippen molar-refractivity contribution in [3.63, 3.8) is 0 Å². The second-order valence-corrected chi connectivity index (χ2v) is 6.16. The van der Waals surface area contributed by atoms with Crippen LogP contribution >= 0.6 is 0 Å². The van der Waals surface area contributed by atoms with Gasteiger partial charge in [-0.25, -0.2) is 4.39 Å². The molecule has 2 aromatic carbocycles. The zero-order valence-corrected chi connectivity index (χ0v) is 14.4. The van der Waals surface area contributed by atoms with Gasteiger partial charge in [-0.05, 0) is 54.8 Å². The minimum absolute atomic E-state index is 0.0921.